The maximum Gasteiger partial charge on any atom is 0.174 e. The van der Waals surface area contributed by atoms with Crippen LogP contribution in [0.5, 0.6) is 17.2 Å². The average molecular weight is 373 g/mol. The van der Waals surface area contributed by atoms with Crippen LogP contribution >= 0.6 is 12.2 Å². The maximum absolute atomic E-state index is 6.11. The Hall–Kier alpha value is -2.54. The number of aromatic nitrogens is 1. The summed E-state index contributed by atoms with van der Waals surface area (Å²) in [4.78, 5) is 4.27. The number of ether oxygens (including phenoxy) is 3. The van der Waals surface area contributed by atoms with Gasteiger partial charge in [0, 0.05) is 24.2 Å². The van der Waals surface area contributed by atoms with Gasteiger partial charge in [-0.15, -0.1) is 0 Å². The molecule has 0 bridgehead atoms. The average Bonchev–Trinajstić information content (AvgIpc) is 2.60. The van der Waals surface area contributed by atoms with Crippen molar-refractivity contribution < 1.29 is 14.2 Å². The third-order valence-electron chi connectivity index (χ3n) is 4.21. The van der Waals surface area contributed by atoms with E-state index in [1.807, 2.05) is 30.3 Å². The molecule has 7 heteroatoms. The summed E-state index contributed by atoms with van der Waals surface area (Å²) in [6, 6.07) is 9.48. The van der Waals surface area contributed by atoms with Gasteiger partial charge in [0.25, 0.3) is 0 Å². The Bertz CT molecular complexity index is 810. The Morgan fingerprint density at radius 2 is 2.08 bits per heavy atom. The van der Waals surface area contributed by atoms with E-state index in [9.17, 15) is 0 Å². The molecule has 0 spiro atoms. The SMILES string of the molecule is COc1ccc2c(c1)OC(C)(C)C[C@H]2NC(=S)Nc1ncccc1OC. The molecule has 1 atom stereocenters. The van der Waals surface area contributed by atoms with Crippen LogP contribution in [-0.4, -0.2) is 29.9 Å². The fourth-order valence-corrected chi connectivity index (χ4v) is 3.28. The summed E-state index contributed by atoms with van der Waals surface area (Å²) in [6.07, 6.45) is 2.46. The van der Waals surface area contributed by atoms with Gasteiger partial charge >= 0.3 is 0 Å². The molecule has 0 fully saturated rings. The third-order valence-corrected chi connectivity index (χ3v) is 4.43. The van der Waals surface area contributed by atoms with E-state index < -0.39 is 0 Å². The Morgan fingerprint density at radius 1 is 1.27 bits per heavy atom. The lowest BCUT2D eigenvalue weighted by molar-refractivity contribution is 0.0693. The number of hydrogen-bond donors (Lipinski definition) is 2. The number of thiocarbonyl (C=S) groups is 1. The number of rotatable bonds is 4. The topological polar surface area (TPSA) is 64.6 Å². The zero-order valence-corrected chi connectivity index (χ0v) is 16.1. The zero-order valence-electron chi connectivity index (χ0n) is 15.3. The van der Waals surface area contributed by atoms with E-state index in [0.717, 1.165) is 23.5 Å². The Labute approximate surface area is 158 Å². The van der Waals surface area contributed by atoms with Crippen molar-refractivity contribution in [2.45, 2.75) is 31.9 Å². The van der Waals surface area contributed by atoms with Crippen molar-refractivity contribution in [2.75, 3.05) is 19.5 Å². The molecule has 2 heterocycles. The lowest BCUT2D eigenvalue weighted by atomic mass is 9.89. The second-order valence-electron chi connectivity index (χ2n) is 6.67. The maximum atomic E-state index is 6.11. The molecule has 3 rings (SSSR count). The summed E-state index contributed by atoms with van der Waals surface area (Å²) in [5, 5.41) is 6.96. The van der Waals surface area contributed by atoms with Gasteiger partial charge in [-0.25, -0.2) is 4.98 Å². The molecule has 1 aromatic carbocycles. The lowest BCUT2D eigenvalue weighted by Gasteiger charge is -2.38. The van der Waals surface area contributed by atoms with Crippen LogP contribution in [0.1, 0.15) is 31.9 Å². The van der Waals surface area contributed by atoms with Gasteiger partial charge in [-0.3, -0.25) is 0 Å². The zero-order chi connectivity index (χ0) is 18.7. The van der Waals surface area contributed by atoms with Crippen molar-refractivity contribution in [1.29, 1.82) is 0 Å². The molecule has 6 nitrogen and oxygen atoms in total. The monoisotopic (exact) mass is 373 g/mol. The van der Waals surface area contributed by atoms with Crippen molar-refractivity contribution in [2.24, 2.45) is 0 Å². The first-order valence-electron chi connectivity index (χ1n) is 8.35. The van der Waals surface area contributed by atoms with Crippen molar-refractivity contribution in [3.8, 4) is 17.2 Å². The third kappa shape index (κ3) is 3.99. The van der Waals surface area contributed by atoms with E-state index >= 15 is 0 Å². The molecule has 1 aromatic heterocycles. The van der Waals surface area contributed by atoms with E-state index in [4.69, 9.17) is 26.4 Å². The first-order chi connectivity index (χ1) is 12.4. The minimum atomic E-state index is -0.324. The molecule has 1 aliphatic heterocycles. The van der Waals surface area contributed by atoms with Gasteiger partial charge in [0.05, 0.1) is 20.3 Å². The van der Waals surface area contributed by atoms with E-state index in [1.54, 1.807) is 20.4 Å². The summed E-state index contributed by atoms with van der Waals surface area (Å²) in [5.41, 5.74) is 0.720. The van der Waals surface area contributed by atoms with Crippen LogP contribution in [0.15, 0.2) is 36.5 Å². The number of pyridine rings is 1. The molecule has 0 unspecified atom stereocenters. The summed E-state index contributed by atoms with van der Waals surface area (Å²) in [6.45, 7) is 4.12. The smallest absolute Gasteiger partial charge is 0.174 e. The van der Waals surface area contributed by atoms with Gasteiger partial charge in [-0.05, 0) is 50.3 Å². The first kappa shape index (κ1) is 18.3. The van der Waals surface area contributed by atoms with Crippen LogP contribution in [-0.2, 0) is 0 Å². The Kier molecular flexibility index (Phi) is 5.18. The molecule has 0 saturated carbocycles. The minimum Gasteiger partial charge on any atom is -0.497 e. The fraction of sp³-hybridized carbons (Fsp3) is 0.368. The number of anilines is 1. The van der Waals surface area contributed by atoms with Crippen LogP contribution < -0.4 is 24.8 Å². The van der Waals surface area contributed by atoms with Crippen LogP contribution in [0.4, 0.5) is 5.82 Å². The first-order valence-corrected chi connectivity index (χ1v) is 8.76. The highest BCUT2D eigenvalue weighted by atomic mass is 32.1. The highest BCUT2D eigenvalue weighted by molar-refractivity contribution is 7.80. The molecule has 138 valence electrons. The molecular formula is C19H23N3O3S. The summed E-state index contributed by atoms with van der Waals surface area (Å²) >= 11 is 5.49. The van der Waals surface area contributed by atoms with E-state index in [0.29, 0.717) is 16.7 Å². The lowest BCUT2D eigenvalue weighted by Crippen LogP contribution is -2.42. The van der Waals surface area contributed by atoms with Crippen LogP contribution in [0.25, 0.3) is 0 Å². The van der Waals surface area contributed by atoms with E-state index in [-0.39, 0.29) is 11.6 Å². The molecule has 1 aliphatic rings. The molecule has 0 amide bonds. The summed E-state index contributed by atoms with van der Waals surface area (Å²) in [5.74, 6) is 2.78. The molecular weight excluding hydrogens is 350 g/mol. The minimum absolute atomic E-state index is 0.00867. The van der Waals surface area contributed by atoms with Crippen molar-refractivity contribution in [1.82, 2.24) is 10.3 Å². The summed E-state index contributed by atoms with van der Waals surface area (Å²) < 4.78 is 16.7. The Balaban J connectivity index is 1.80. The van der Waals surface area contributed by atoms with Crippen LogP contribution in [0, 0.1) is 0 Å². The molecule has 0 radical (unpaired) electrons. The predicted molar refractivity (Wildman–Crippen MR) is 105 cm³/mol. The standard InChI is InChI=1S/C19H23N3O3S/c1-19(2)11-14(13-8-7-12(23-3)10-16(13)25-19)21-18(26)22-17-15(24-4)6-5-9-20-17/h5-10,14H,11H2,1-4H3,(H2,20,21,22,26)/t14-/m1/s1. The predicted octanol–water partition coefficient (Wildman–Crippen LogP) is 3.69. The van der Waals surface area contributed by atoms with Gasteiger partial charge in [-0.2, -0.15) is 0 Å². The van der Waals surface area contributed by atoms with Crippen LogP contribution in [0.2, 0.25) is 0 Å². The van der Waals surface area contributed by atoms with Gasteiger partial charge in [0.2, 0.25) is 0 Å². The number of nitrogens with one attached hydrogen (secondary N) is 2. The number of nitrogens with zero attached hydrogens (tertiary/aromatic N) is 1. The van der Waals surface area contributed by atoms with Crippen molar-refractivity contribution in [3.05, 3.63) is 42.1 Å². The molecule has 2 N–H and O–H groups in total. The molecule has 0 saturated heterocycles. The van der Waals surface area contributed by atoms with Crippen LogP contribution in [0.3, 0.4) is 0 Å². The molecule has 0 aliphatic carbocycles. The van der Waals surface area contributed by atoms with Gasteiger partial charge in [0.15, 0.2) is 16.7 Å². The highest BCUT2D eigenvalue weighted by Crippen LogP contribution is 2.41. The number of benzene rings is 1. The molecule has 2 aromatic rings. The van der Waals surface area contributed by atoms with Gasteiger partial charge in [0.1, 0.15) is 17.1 Å². The van der Waals surface area contributed by atoms with Gasteiger partial charge < -0.3 is 24.8 Å². The number of fused-ring (bicyclic) bond motifs is 1. The second kappa shape index (κ2) is 7.37. The summed E-state index contributed by atoms with van der Waals surface area (Å²) in [7, 11) is 3.24. The van der Waals surface area contributed by atoms with Crippen molar-refractivity contribution >= 4 is 23.1 Å². The molecule has 26 heavy (non-hydrogen) atoms. The number of methoxy groups -OCH3 is 2. The second-order valence-corrected chi connectivity index (χ2v) is 7.08. The quantitative estimate of drug-likeness (QED) is 0.793. The Morgan fingerprint density at radius 3 is 2.81 bits per heavy atom. The normalized spacial score (nSPS) is 17.5. The van der Waals surface area contributed by atoms with Crippen molar-refractivity contribution in [3.63, 3.8) is 0 Å². The highest BCUT2D eigenvalue weighted by Gasteiger charge is 2.34. The largest absolute Gasteiger partial charge is 0.497 e. The van der Waals surface area contributed by atoms with Gasteiger partial charge in [-0.1, -0.05) is 0 Å². The fourth-order valence-electron chi connectivity index (χ4n) is 3.04. The number of hydrogen-bond acceptors (Lipinski definition) is 5. The van der Waals surface area contributed by atoms with E-state index in [2.05, 4.69) is 29.5 Å². The van der Waals surface area contributed by atoms with E-state index in [1.165, 1.54) is 0 Å².